The van der Waals surface area contributed by atoms with Crippen LogP contribution in [0, 0.1) is 0 Å². The number of methoxy groups -OCH3 is 1. The van der Waals surface area contributed by atoms with Gasteiger partial charge in [-0.1, -0.05) is 0 Å². The Morgan fingerprint density at radius 1 is 1.50 bits per heavy atom. The first-order valence-corrected chi connectivity index (χ1v) is 4.51. The molecule has 0 amide bonds. The third-order valence-electron chi connectivity index (χ3n) is 2.19. The number of ether oxygens (including phenoxy) is 2. The third-order valence-corrected chi connectivity index (χ3v) is 2.19. The first kappa shape index (κ1) is 9.15. The number of nitrogens with one attached hydrogen (secondary N) is 1. The van der Waals surface area contributed by atoms with Crippen molar-refractivity contribution in [3.63, 3.8) is 0 Å². The molecule has 0 spiro atoms. The highest BCUT2D eigenvalue weighted by Gasteiger charge is 2.17. The van der Waals surface area contributed by atoms with Crippen LogP contribution in [0.15, 0.2) is 18.2 Å². The van der Waals surface area contributed by atoms with Crippen molar-refractivity contribution in [1.82, 2.24) is 0 Å². The molecule has 76 valence electrons. The molecule has 0 atom stereocenters. The molecule has 1 aliphatic heterocycles. The summed E-state index contributed by atoms with van der Waals surface area (Å²) in [5.74, 6) is 0.637. The lowest BCUT2D eigenvalue weighted by Gasteiger charge is -2.27. The number of hydrogen-bond donors (Lipinski definition) is 2. The minimum absolute atomic E-state index is 0.151. The molecule has 1 aromatic rings. The van der Waals surface area contributed by atoms with Crippen molar-refractivity contribution >= 4 is 5.69 Å². The number of phenols is 1. The number of hydrogen-bond acceptors (Lipinski definition) is 4. The first-order valence-electron chi connectivity index (χ1n) is 4.51. The number of anilines is 1. The maximum atomic E-state index is 9.50. The van der Waals surface area contributed by atoms with Crippen molar-refractivity contribution in [3.8, 4) is 11.5 Å². The van der Waals surface area contributed by atoms with Crippen LogP contribution in [0.3, 0.4) is 0 Å². The van der Waals surface area contributed by atoms with Gasteiger partial charge in [-0.3, -0.25) is 0 Å². The van der Waals surface area contributed by atoms with Gasteiger partial charge in [0.2, 0.25) is 0 Å². The monoisotopic (exact) mass is 195 g/mol. The van der Waals surface area contributed by atoms with Crippen LogP contribution in [0.2, 0.25) is 0 Å². The summed E-state index contributed by atoms with van der Waals surface area (Å²) in [5, 5.41) is 12.7. The molecule has 4 nitrogen and oxygen atoms in total. The predicted octanol–water partition coefficient (Wildman–Crippen LogP) is 1.21. The fourth-order valence-electron chi connectivity index (χ4n) is 1.33. The van der Waals surface area contributed by atoms with Gasteiger partial charge in [-0.2, -0.15) is 0 Å². The SMILES string of the molecule is COc1ccc(NC2COC2)cc1O. The number of rotatable bonds is 3. The van der Waals surface area contributed by atoms with E-state index in [-0.39, 0.29) is 5.75 Å². The van der Waals surface area contributed by atoms with E-state index in [4.69, 9.17) is 9.47 Å². The van der Waals surface area contributed by atoms with E-state index in [1.54, 1.807) is 12.1 Å². The van der Waals surface area contributed by atoms with Crippen molar-refractivity contribution in [2.45, 2.75) is 6.04 Å². The summed E-state index contributed by atoms with van der Waals surface area (Å²) in [6, 6.07) is 5.62. The molecule has 0 aliphatic carbocycles. The first-order chi connectivity index (χ1) is 6.79. The molecule has 1 fully saturated rings. The van der Waals surface area contributed by atoms with E-state index in [1.807, 2.05) is 6.07 Å². The van der Waals surface area contributed by atoms with Gasteiger partial charge in [-0.05, 0) is 12.1 Å². The maximum absolute atomic E-state index is 9.50. The van der Waals surface area contributed by atoms with E-state index in [9.17, 15) is 5.11 Å². The lowest BCUT2D eigenvalue weighted by Crippen LogP contribution is -2.40. The van der Waals surface area contributed by atoms with E-state index >= 15 is 0 Å². The molecule has 14 heavy (non-hydrogen) atoms. The summed E-state index contributed by atoms with van der Waals surface area (Å²) in [7, 11) is 1.53. The topological polar surface area (TPSA) is 50.7 Å². The molecule has 1 aromatic carbocycles. The second-order valence-electron chi connectivity index (χ2n) is 3.27. The van der Waals surface area contributed by atoms with E-state index < -0.39 is 0 Å². The van der Waals surface area contributed by atoms with Crippen LogP contribution in [0.5, 0.6) is 11.5 Å². The molecule has 0 aromatic heterocycles. The Bertz CT molecular complexity index is 323. The van der Waals surface area contributed by atoms with Crippen LogP contribution in [-0.4, -0.2) is 31.5 Å². The molecule has 0 saturated carbocycles. The highest BCUT2D eigenvalue weighted by Crippen LogP contribution is 2.29. The average molecular weight is 195 g/mol. The van der Waals surface area contributed by atoms with Gasteiger partial charge in [0.25, 0.3) is 0 Å². The quantitative estimate of drug-likeness (QED) is 0.761. The molecule has 1 aliphatic rings. The third kappa shape index (κ3) is 1.75. The molecule has 0 unspecified atom stereocenters. The van der Waals surface area contributed by atoms with Gasteiger partial charge in [0, 0.05) is 11.8 Å². The zero-order valence-electron chi connectivity index (χ0n) is 7.99. The van der Waals surface area contributed by atoms with Crippen LogP contribution >= 0.6 is 0 Å². The zero-order valence-corrected chi connectivity index (χ0v) is 7.99. The fraction of sp³-hybridized carbons (Fsp3) is 0.400. The van der Waals surface area contributed by atoms with E-state index in [1.165, 1.54) is 7.11 Å². The second-order valence-corrected chi connectivity index (χ2v) is 3.27. The van der Waals surface area contributed by atoms with Crippen molar-refractivity contribution in [1.29, 1.82) is 0 Å². The lowest BCUT2D eigenvalue weighted by atomic mass is 10.2. The van der Waals surface area contributed by atoms with Crippen LogP contribution < -0.4 is 10.1 Å². The summed E-state index contributed by atoms with van der Waals surface area (Å²) < 4.78 is 9.98. The minimum atomic E-state index is 0.151. The summed E-state index contributed by atoms with van der Waals surface area (Å²) >= 11 is 0. The van der Waals surface area contributed by atoms with Crippen molar-refractivity contribution in [2.24, 2.45) is 0 Å². The largest absolute Gasteiger partial charge is 0.504 e. The van der Waals surface area contributed by atoms with E-state index in [0.29, 0.717) is 11.8 Å². The van der Waals surface area contributed by atoms with Crippen molar-refractivity contribution in [2.75, 3.05) is 25.6 Å². The molecule has 0 radical (unpaired) electrons. The number of benzene rings is 1. The highest BCUT2D eigenvalue weighted by atomic mass is 16.5. The molecule has 2 rings (SSSR count). The Hall–Kier alpha value is -1.42. The minimum Gasteiger partial charge on any atom is -0.504 e. The molecule has 2 N–H and O–H groups in total. The molecule has 1 saturated heterocycles. The molecular formula is C10H13NO3. The highest BCUT2D eigenvalue weighted by molar-refractivity contribution is 5.54. The van der Waals surface area contributed by atoms with Crippen molar-refractivity contribution in [3.05, 3.63) is 18.2 Å². The lowest BCUT2D eigenvalue weighted by molar-refractivity contribution is 0.0211. The number of aromatic hydroxyl groups is 1. The summed E-state index contributed by atoms with van der Waals surface area (Å²) in [6.07, 6.45) is 0. The van der Waals surface area contributed by atoms with Crippen LogP contribution in [0.4, 0.5) is 5.69 Å². The van der Waals surface area contributed by atoms with Gasteiger partial charge < -0.3 is 19.9 Å². The summed E-state index contributed by atoms with van der Waals surface area (Å²) in [6.45, 7) is 1.46. The zero-order chi connectivity index (χ0) is 9.97. The summed E-state index contributed by atoms with van der Waals surface area (Å²) in [4.78, 5) is 0. The van der Waals surface area contributed by atoms with Gasteiger partial charge in [0.1, 0.15) is 0 Å². The molecular weight excluding hydrogens is 182 g/mol. The van der Waals surface area contributed by atoms with Crippen molar-refractivity contribution < 1.29 is 14.6 Å². The van der Waals surface area contributed by atoms with Gasteiger partial charge in [0.15, 0.2) is 11.5 Å². The Labute approximate surface area is 82.5 Å². The number of phenolic OH excluding ortho intramolecular Hbond substituents is 1. The Kier molecular flexibility index (Phi) is 2.45. The Morgan fingerprint density at radius 2 is 2.29 bits per heavy atom. The van der Waals surface area contributed by atoms with Gasteiger partial charge in [0.05, 0.1) is 26.4 Å². The normalized spacial score (nSPS) is 16.1. The van der Waals surface area contributed by atoms with Gasteiger partial charge in [-0.15, -0.1) is 0 Å². The van der Waals surface area contributed by atoms with E-state index in [2.05, 4.69) is 5.32 Å². The molecule has 0 bridgehead atoms. The Balaban J connectivity index is 2.07. The summed E-state index contributed by atoms with van der Waals surface area (Å²) in [5.41, 5.74) is 0.886. The predicted molar refractivity (Wildman–Crippen MR) is 52.9 cm³/mol. The van der Waals surface area contributed by atoms with Gasteiger partial charge >= 0.3 is 0 Å². The van der Waals surface area contributed by atoms with Crippen LogP contribution in [-0.2, 0) is 4.74 Å². The standard InChI is InChI=1S/C10H13NO3/c1-13-10-3-2-7(4-9(10)12)11-8-5-14-6-8/h2-4,8,11-12H,5-6H2,1H3. The average Bonchev–Trinajstić information content (AvgIpc) is 2.12. The molecule has 1 heterocycles. The van der Waals surface area contributed by atoms with E-state index in [0.717, 1.165) is 18.9 Å². The van der Waals surface area contributed by atoms with Gasteiger partial charge in [-0.25, -0.2) is 0 Å². The fourth-order valence-corrected chi connectivity index (χ4v) is 1.33. The van der Waals surface area contributed by atoms with Crippen LogP contribution in [0.25, 0.3) is 0 Å². The maximum Gasteiger partial charge on any atom is 0.160 e. The molecule has 4 heteroatoms. The van der Waals surface area contributed by atoms with Crippen LogP contribution in [0.1, 0.15) is 0 Å². The second kappa shape index (κ2) is 3.75. The smallest absolute Gasteiger partial charge is 0.160 e. The Morgan fingerprint density at radius 3 is 2.79 bits per heavy atom.